The standard InChI is InChI=1S/C11H21NO3/c1-9(2)6-11(12-5,8(13)14)7-15-10(9,3)4/h12H,6-7H2,1-5H3,(H,13,14). The summed E-state index contributed by atoms with van der Waals surface area (Å²) in [6.07, 6.45) is 0.568. The topological polar surface area (TPSA) is 58.6 Å². The number of carbonyl (C=O) groups is 1. The van der Waals surface area contributed by atoms with Gasteiger partial charge in [-0.05, 0) is 32.7 Å². The Bertz CT molecular complexity index is 273. The van der Waals surface area contributed by atoms with E-state index in [4.69, 9.17) is 4.74 Å². The molecule has 0 aromatic carbocycles. The maximum atomic E-state index is 11.3. The third kappa shape index (κ3) is 1.88. The third-order valence-corrected chi connectivity index (χ3v) is 3.94. The van der Waals surface area contributed by atoms with Crippen LogP contribution in [0.1, 0.15) is 34.1 Å². The smallest absolute Gasteiger partial charge is 0.326 e. The first-order valence-electron chi connectivity index (χ1n) is 5.23. The predicted molar refractivity (Wildman–Crippen MR) is 57.9 cm³/mol. The van der Waals surface area contributed by atoms with E-state index in [1.165, 1.54) is 0 Å². The number of carboxylic acid groups (broad SMARTS) is 1. The van der Waals surface area contributed by atoms with Crippen molar-refractivity contribution in [3.63, 3.8) is 0 Å². The quantitative estimate of drug-likeness (QED) is 0.728. The average molecular weight is 215 g/mol. The van der Waals surface area contributed by atoms with Gasteiger partial charge in [0.25, 0.3) is 0 Å². The van der Waals surface area contributed by atoms with Crippen molar-refractivity contribution in [2.75, 3.05) is 13.7 Å². The maximum Gasteiger partial charge on any atom is 0.326 e. The van der Waals surface area contributed by atoms with Crippen LogP contribution in [-0.4, -0.2) is 35.9 Å². The van der Waals surface area contributed by atoms with E-state index in [0.717, 1.165) is 0 Å². The normalized spacial score (nSPS) is 33.7. The highest BCUT2D eigenvalue weighted by atomic mass is 16.5. The second-order valence-corrected chi connectivity index (χ2v) is 5.50. The molecule has 1 rings (SSSR count). The molecule has 4 heteroatoms. The van der Waals surface area contributed by atoms with E-state index in [1.54, 1.807) is 7.05 Å². The molecule has 1 heterocycles. The van der Waals surface area contributed by atoms with Gasteiger partial charge in [-0.1, -0.05) is 13.8 Å². The highest BCUT2D eigenvalue weighted by Gasteiger charge is 2.53. The zero-order valence-electron chi connectivity index (χ0n) is 10.2. The summed E-state index contributed by atoms with van der Waals surface area (Å²) in [4.78, 5) is 11.3. The van der Waals surface area contributed by atoms with Crippen LogP contribution in [-0.2, 0) is 9.53 Å². The molecule has 0 spiro atoms. The van der Waals surface area contributed by atoms with Crippen LogP contribution in [0.4, 0.5) is 0 Å². The Morgan fingerprint density at radius 3 is 2.20 bits per heavy atom. The molecule has 0 aromatic heterocycles. The zero-order chi connectivity index (χ0) is 11.9. The van der Waals surface area contributed by atoms with E-state index < -0.39 is 11.5 Å². The van der Waals surface area contributed by atoms with Crippen LogP contribution in [0, 0.1) is 5.41 Å². The first-order valence-corrected chi connectivity index (χ1v) is 5.23. The van der Waals surface area contributed by atoms with Crippen LogP contribution in [0.5, 0.6) is 0 Å². The summed E-state index contributed by atoms with van der Waals surface area (Å²) in [6, 6.07) is 0. The SMILES string of the molecule is CNC1(C(=O)O)COC(C)(C)C(C)(C)C1. The van der Waals surface area contributed by atoms with E-state index in [1.807, 2.05) is 27.7 Å². The van der Waals surface area contributed by atoms with Gasteiger partial charge in [-0.2, -0.15) is 0 Å². The number of rotatable bonds is 2. The van der Waals surface area contributed by atoms with Crippen molar-refractivity contribution in [1.82, 2.24) is 5.32 Å². The van der Waals surface area contributed by atoms with Crippen molar-refractivity contribution in [2.24, 2.45) is 5.41 Å². The van der Waals surface area contributed by atoms with Gasteiger partial charge in [-0.15, -0.1) is 0 Å². The molecular weight excluding hydrogens is 194 g/mol. The van der Waals surface area contributed by atoms with E-state index in [2.05, 4.69) is 5.32 Å². The molecule has 1 saturated heterocycles. The molecule has 1 aliphatic heterocycles. The van der Waals surface area contributed by atoms with Crippen molar-refractivity contribution in [1.29, 1.82) is 0 Å². The Kier molecular flexibility index (Phi) is 2.87. The monoisotopic (exact) mass is 215 g/mol. The molecule has 15 heavy (non-hydrogen) atoms. The Morgan fingerprint density at radius 2 is 1.87 bits per heavy atom. The Morgan fingerprint density at radius 1 is 1.33 bits per heavy atom. The van der Waals surface area contributed by atoms with E-state index in [-0.39, 0.29) is 17.6 Å². The van der Waals surface area contributed by atoms with Crippen molar-refractivity contribution in [3.8, 4) is 0 Å². The third-order valence-electron chi connectivity index (χ3n) is 3.94. The second kappa shape index (κ2) is 3.46. The molecule has 0 radical (unpaired) electrons. The lowest BCUT2D eigenvalue weighted by Crippen LogP contribution is -2.64. The molecule has 4 nitrogen and oxygen atoms in total. The fraction of sp³-hybridized carbons (Fsp3) is 0.909. The minimum atomic E-state index is -0.945. The lowest BCUT2D eigenvalue weighted by atomic mass is 9.67. The van der Waals surface area contributed by atoms with Gasteiger partial charge in [0, 0.05) is 0 Å². The van der Waals surface area contributed by atoms with Gasteiger partial charge >= 0.3 is 5.97 Å². The molecule has 1 unspecified atom stereocenters. The molecule has 1 atom stereocenters. The van der Waals surface area contributed by atoms with E-state index >= 15 is 0 Å². The first kappa shape index (κ1) is 12.5. The molecule has 0 aromatic rings. The summed E-state index contributed by atoms with van der Waals surface area (Å²) in [7, 11) is 1.67. The van der Waals surface area contributed by atoms with Gasteiger partial charge in [-0.3, -0.25) is 4.79 Å². The van der Waals surface area contributed by atoms with Crippen LogP contribution in [0.2, 0.25) is 0 Å². The van der Waals surface area contributed by atoms with Crippen LogP contribution < -0.4 is 5.32 Å². The number of hydrogen-bond acceptors (Lipinski definition) is 3. The van der Waals surface area contributed by atoms with Crippen molar-refractivity contribution >= 4 is 5.97 Å². The maximum absolute atomic E-state index is 11.3. The van der Waals surface area contributed by atoms with Crippen LogP contribution in [0.15, 0.2) is 0 Å². The van der Waals surface area contributed by atoms with Gasteiger partial charge in [0.15, 0.2) is 0 Å². The van der Waals surface area contributed by atoms with E-state index in [9.17, 15) is 9.90 Å². The van der Waals surface area contributed by atoms with Gasteiger partial charge < -0.3 is 15.2 Å². The summed E-state index contributed by atoms with van der Waals surface area (Å²) in [5.74, 6) is -0.839. The minimum Gasteiger partial charge on any atom is -0.480 e. The van der Waals surface area contributed by atoms with Crippen LogP contribution >= 0.6 is 0 Å². The molecule has 0 aliphatic carbocycles. The fourth-order valence-electron chi connectivity index (χ4n) is 1.92. The molecular formula is C11H21NO3. The molecule has 1 aliphatic rings. The lowest BCUT2D eigenvalue weighted by molar-refractivity contribution is -0.187. The highest BCUT2D eigenvalue weighted by Crippen LogP contribution is 2.44. The van der Waals surface area contributed by atoms with Crippen LogP contribution in [0.25, 0.3) is 0 Å². The van der Waals surface area contributed by atoms with Gasteiger partial charge in [-0.25, -0.2) is 0 Å². The summed E-state index contributed by atoms with van der Waals surface area (Å²) < 4.78 is 5.71. The Hall–Kier alpha value is -0.610. The molecule has 1 fully saturated rings. The number of likely N-dealkylation sites (N-methyl/N-ethyl adjacent to an activating group) is 1. The molecule has 0 bridgehead atoms. The van der Waals surface area contributed by atoms with E-state index in [0.29, 0.717) is 6.42 Å². The van der Waals surface area contributed by atoms with Crippen molar-refractivity contribution in [2.45, 2.75) is 45.3 Å². The van der Waals surface area contributed by atoms with Crippen LogP contribution in [0.3, 0.4) is 0 Å². The Labute approximate surface area is 91.0 Å². The number of ether oxygens (including phenoxy) is 1. The molecule has 2 N–H and O–H groups in total. The number of aliphatic carboxylic acids is 1. The van der Waals surface area contributed by atoms with Crippen molar-refractivity contribution < 1.29 is 14.6 Å². The molecule has 0 amide bonds. The summed E-state index contributed by atoms with van der Waals surface area (Å²) in [5, 5.41) is 12.1. The zero-order valence-corrected chi connectivity index (χ0v) is 10.2. The molecule has 0 saturated carbocycles. The Balaban J connectivity index is 2.99. The molecule has 88 valence electrons. The summed E-state index contributed by atoms with van der Waals surface area (Å²) >= 11 is 0. The number of nitrogens with one attached hydrogen (secondary N) is 1. The lowest BCUT2D eigenvalue weighted by Gasteiger charge is -2.51. The second-order valence-electron chi connectivity index (χ2n) is 5.50. The summed E-state index contributed by atoms with van der Waals surface area (Å²) in [6.45, 7) is 8.32. The van der Waals surface area contributed by atoms with Gasteiger partial charge in [0.1, 0.15) is 5.54 Å². The van der Waals surface area contributed by atoms with Crippen molar-refractivity contribution in [3.05, 3.63) is 0 Å². The fourth-order valence-corrected chi connectivity index (χ4v) is 1.92. The highest BCUT2D eigenvalue weighted by molar-refractivity contribution is 5.79. The average Bonchev–Trinajstić information content (AvgIpc) is 2.09. The first-order chi connectivity index (χ1) is 6.67. The number of carboxylic acids is 1. The minimum absolute atomic E-state index is 0.174. The summed E-state index contributed by atoms with van der Waals surface area (Å²) in [5.41, 5.74) is -1.41. The largest absolute Gasteiger partial charge is 0.480 e. The van der Waals surface area contributed by atoms with Gasteiger partial charge in [0.2, 0.25) is 0 Å². The number of hydrogen-bond donors (Lipinski definition) is 2. The predicted octanol–water partition coefficient (Wildman–Crippen LogP) is 1.25. The van der Waals surface area contributed by atoms with Gasteiger partial charge in [0.05, 0.1) is 12.2 Å².